The van der Waals surface area contributed by atoms with Gasteiger partial charge in [-0.3, -0.25) is 0 Å². The van der Waals surface area contributed by atoms with E-state index in [1.165, 1.54) is 15.4 Å². The van der Waals surface area contributed by atoms with E-state index in [0.717, 1.165) is 23.0 Å². The molecule has 0 fully saturated rings. The number of alkyl halides is 1. The number of aromatic nitrogens is 1. The van der Waals surface area contributed by atoms with E-state index in [4.69, 9.17) is 11.6 Å². The lowest BCUT2D eigenvalue weighted by Crippen LogP contribution is -2.10. The van der Waals surface area contributed by atoms with Gasteiger partial charge in [0.25, 0.3) is 0 Å². The van der Waals surface area contributed by atoms with E-state index in [1.54, 1.807) is 11.3 Å². The summed E-state index contributed by atoms with van der Waals surface area (Å²) in [6.07, 6.45) is 1.97. The Labute approximate surface area is 132 Å². The normalized spacial score (nSPS) is 12.6. The van der Waals surface area contributed by atoms with Crippen molar-refractivity contribution in [1.29, 1.82) is 0 Å². The van der Waals surface area contributed by atoms with Gasteiger partial charge in [-0.2, -0.15) is 0 Å². The molecule has 0 spiro atoms. The van der Waals surface area contributed by atoms with Gasteiger partial charge in [0, 0.05) is 21.7 Å². The summed E-state index contributed by atoms with van der Waals surface area (Å²) in [5.74, 6) is 1.12. The Morgan fingerprint density at radius 3 is 2.68 bits per heavy atom. The van der Waals surface area contributed by atoms with Crippen LogP contribution >= 0.6 is 38.9 Å². The molecule has 0 aliphatic rings. The third-order valence-corrected chi connectivity index (χ3v) is 5.19. The van der Waals surface area contributed by atoms with Gasteiger partial charge in [-0.1, -0.05) is 28.1 Å². The smallest absolute Gasteiger partial charge is 0.0934 e. The van der Waals surface area contributed by atoms with Crippen molar-refractivity contribution < 1.29 is 0 Å². The predicted octanol–water partition coefficient (Wildman–Crippen LogP) is 5.16. The highest BCUT2D eigenvalue weighted by Gasteiger charge is 2.13. The first kappa shape index (κ1) is 15.0. The van der Waals surface area contributed by atoms with E-state index < -0.39 is 0 Å². The van der Waals surface area contributed by atoms with Crippen molar-refractivity contribution in [1.82, 2.24) is 4.98 Å². The summed E-state index contributed by atoms with van der Waals surface area (Å²) in [5.41, 5.74) is 2.47. The van der Waals surface area contributed by atoms with E-state index in [9.17, 15) is 0 Å². The molecule has 0 amide bonds. The van der Waals surface area contributed by atoms with Crippen LogP contribution in [0.15, 0.2) is 28.7 Å². The lowest BCUT2D eigenvalue weighted by molar-refractivity contribution is 0.581. The Balaban J connectivity index is 2.04. The minimum Gasteiger partial charge on any atom is -0.246 e. The second-order valence-corrected chi connectivity index (χ2v) is 7.32. The average molecular weight is 359 g/mol. The molecule has 0 saturated heterocycles. The van der Waals surface area contributed by atoms with Crippen molar-refractivity contribution in [3.63, 3.8) is 0 Å². The Kier molecular flexibility index (Phi) is 5.43. The predicted molar refractivity (Wildman–Crippen MR) is 87.3 cm³/mol. The van der Waals surface area contributed by atoms with Gasteiger partial charge in [0.2, 0.25) is 0 Å². The topological polar surface area (TPSA) is 12.9 Å². The number of hydrogen-bond donors (Lipinski definition) is 0. The second kappa shape index (κ2) is 6.87. The molecule has 0 N–H and O–H groups in total. The molecule has 1 nitrogen and oxygen atoms in total. The number of benzene rings is 1. The minimum atomic E-state index is 0.445. The number of hydrogen-bond acceptors (Lipinski definition) is 2. The Morgan fingerprint density at radius 1 is 1.32 bits per heavy atom. The Morgan fingerprint density at radius 2 is 2.11 bits per heavy atom. The van der Waals surface area contributed by atoms with E-state index in [-0.39, 0.29) is 0 Å². The van der Waals surface area contributed by atoms with Crippen LogP contribution in [0.25, 0.3) is 0 Å². The van der Waals surface area contributed by atoms with E-state index in [1.807, 2.05) is 6.07 Å². The number of thiazole rings is 1. The first-order valence-corrected chi connectivity index (χ1v) is 8.46. The van der Waals surface area contributed by atoms with Crippen LogP contribution < -0.4 is 0 Å². The van der Waals surface area contributed by atoms with Gasteiger partial charge < -0.3 is 0 Å². The summed E-state index contributed by atoms with van der Waals surface area (Å²) in [7, 11) is 0. The molecule has 1 unspecified atom stereocenters. The van der Waals surface area contributed by atoms with Crippen molar-refractivity contribution in [2.45, 2.75) is 26.7 Å². The number of nitrogens with zero attached hydrogens (tertiary/aromatic N) is 1. The van der Waals surface area contributed by atoms with Crippen LogP contribution in [-0.4, -0.2) is 10.9 Å². The molecule has 1 heterocycles. The lowest BCUT2D eigenvalue weighted by atomic mass is 9.98. The van der Waals surface area contributed by atoms with Gasteiger partial charge in [0.1, 0.15) is 0 Å². The van der Waals surface area contributed by atoms with Gasteiger partial charge in [0.15, 0.2) is 0 Å². The molecule has 2 aromatic rings. The fourth-order valence-electron chi connectivity index (χ4n) is 2.05. The molecule has 0 radical (unpaired) electrons. The number of aryl methyl sites for hydroxylation is 2. The van der Waals surface area contributed by atoms with Crippen molar-refractivity contribution in [3.05, 3.63) is 49.9 Å². The maximum Gasteiger partial charge on any atom is 0.0934 e. The zero-order chi connectivity index (χ0) is 13.8. The van der Waals surface area contributed by atoms with Crippen molar-refractivity contribution in [2.75, 3.05) is 5.88 Å². The van der Waals surface area contributed by atoms with Gasteiger partial charge in [-0.25, -0.2) is 4.98 Å². The van der Waals surface area contributed by atoms with E-state index >= 15 is 0 Å². The average Bonchev–Trinajstić information content (AvgIpc) is 2.67. The highest BCUT2D eigenvalue weighted by atomic mass is 79.9. The molecular weight excluding hydrogens is 342 g/mol. The number of rotatable bonds is 5. The summed E-state index contributed by atoms with van der Waals surface area (Å²) in [6.45, 7) is 4.19. The monoisotopic (exact) mass is 357 g/mol. The van der Waals surface area contributed by atoms with Gasteiger partial charge in [-0.15, -0.1) is 22.9 Å². The van der Waals surface area contributed by atoms with Crippen LogP contribution in [0.5, 0.6) is 0 Å². The first-order chi connectivity index (χ1) is 9.08. The molecule has 0 saturated carbocycles. The lowest BCUT2D eigenvalue weighted by Gasteiger charge is -2.12. The molecule has 1 atom stereocenters. The zero-order valence-electron chi connectivity index (χ0n) is 11.1. The van der Waals surface area contributed by atoms with Crippen molar-refractivity contribution in [3.8, 4) is 0 Å². The molecule has 1 aromatic carbocycles. The highest BCUT2D eigenvalue weighted by molar-refractivity contribution is 9.10. The van der Waals surface area contributed by atoms with Crippen LogP contribution in [0.1, 0.15) is 21.1 Å². The van der Waals surface area contributed by atoms with Crippen LogP contribution in [0.3, 0.4) is 0 Å². The van der Waals surface area contributed by atoms with Gasteiger partial charge in [-0.05, 0) is 43.9 Å². The summed E-state index contributed by atoms with van der Waals surface area (Å²) in [4.78, 5) is 5.92. The summed E-state index contributed by atoms with van der Waals surface area (Å²) in [6, 6.07) is 8.44. The molecule has 0 bridgehead atoms. The molecule has 1 aromatic heterocycles. The molecule has 0 aliphatic heterocycles. The summed E-state index contributed by atoms with van der Waals surface area (Å²) >= 11 is 11.4. The molecular formula is C15H17BrClNS. The minimum absolute atomic E-state index is 0.445. The number of halogens is 2. The van der Waals surface area contributed by atoms with Crippen LogP contribution in [-0.2, 0) is 12.8 Å². The maximum atomic E-state index is 6.12. The standard InChI is InChI=1S/C15H17BrClNS/c1-10-11(2)19-15(18-10)8-13(9-17)6-12-4-3-5-14(16)7-12/h3-5,7,13H,6,8-9H2,1-2H3. The largest absolute Gasteiger partial charge is 0.246 e. The fourth-order valence-corrected chi connectivity index (χ4v) is 3.77. The van der Waals surface area contributed by atoms with Crippen LogP contribution in [0.4, 0.5) is 0 Å². The third kappa shape index (κ3) is 4.30. The Hall–Kier alpha value is -0.380. The summed E-state index contributed by atoms with van der Waals surface area (Å²) < 4.78 is 1.12. The molecule has 4 heteroatoms. The summed E-state index contributed by atoms with van der Waals surface area (Å²) in [5, 5.41) is 1.20. The quantitative estimate of drug-likeness (QED) is 0.672. The zero-order valence-corrected chi connectivity index (χ0v) is 14.3. The van der Waals surface area contributed by atoms with Crippen molar-refractivity contribution in [2.24, 2.45) is 5.92 Å². The molecule has 19 heavy (non-hydrogen) atoms. The SMILES string of the molecule is Cc1nc(CC(CCl)Cc2cccc(Br)c2)sc1C. The molecule has 2 rings (SSSR count). The molecule has 102 valence electrons. The van der Waals surface area contributed by atoms with Crippen LogP contribution in [0, 0.1) is 19.8 Å². The highest BCUT2D eigenvalue weighted by Crippen LogP contribution is 2.23. The Bertz CT molecular complexity index is 533. The van der Waals surface area contributed by atoms with E-state index in [0.29, 0.717) is 11.8 Å². The van der Waals surface area contributed by atoms with Gasteiger partial charge in [0.05, 0.1) is 10.7 Å². The first-order valence-electron chi connectivity index (χ1n) is 6.31. The third-order valence-electron chi connectivity index (χ3n) is 3.17. The maximum absolute atomic E-state index is 6.12. The van der Waals surface area contributed by atoms with Crippen LogP contribution in [0.2, 0.25) is 0 Å². The van der Waals surface area contributed by atoms with E-state index in [2.05, 4.69) is 53.0 Å². The molecule has 0 aliphatic carbocycles. The fraction of sp³-hybridized carbons (Fsp3) is 0.400. The second-order valence-electron chi connectivity index (χ2n) is 4.81. The van der Waals surface area contributed by atoms with Crippen molar-refractivity contribution >= 4 is 38.9 Å². The van der Waals surface area contributed by atoms with Gasteiger partial charge >= 0.3 is 0 Å².